The summed E-state index contributed by atoms with van der Waals surface area (Å²) in [6.45, 7) is 0. The van der Waals surface area contributed by atoms with Crippen LogP contribution < -0.4 is 15.9 Å². The van der Waals surface area contributed by atoms with Gasteiger partial charge in [0.05, 0.1) is 11.6 Å². The Hall–Kier alpha value is -3.59. The van der Waals surface area contributed by atoms with Crippen molar-refractivity contribution in [1.29, 1.82) is 5.26 Å². The highest BCUT2D eigenvalue weighted by Gasteiger charge is 2.33. The number of rotatable bonds is 1. The molecule has 0 fully saturated rings. The number of nitrogens with one attached hydrogen (secondary N) is 1. The fourth-order valence-corrected chi connectivity index (χ4v) is 3.00. The molecule has 0 spiro atoms. The second-order valence-corrected chi connectivity index (χ2v) is 5.45. The van der Waals surface area contributed by atoms with Crippen molar-refractivity contribution in [3.8, 4) is 11.8 Å². The van der Waals surface area contributed by atoms with E-state index >= 15 is 0 Å². The molecule has 4 rings (SSSR count). The van der Waals surface area contributed by atoms with E-state index in [0.29, 0.717) is 16.6 Å². The number of hydrogen-bond acceptors (Lipinski definition) is 5. The number of aromatic nitrogens is 2. The third kappa shape index (κ3) is 1.96. The smallest absolute Gasteiger partial charge is 0.232 e. The van der Waals surface area contributed by atoms with Gasteiger partial charge in [-0.1, -0.05) is 12.1 Å². The van der Waals surface area contributed by atoms with Gasteiger partial charge in [0.2, 0.25) is 11.3 Å². The first-order chi connectivity index (χ1) is 11.7. The zero-order valence-corrected chi connectivity index (χ0v) is 12.5. The Balaban J connectivity index is 2.08. The van der Waals surface area contributed by atoms with E-state index in [1.54, 1.807) is 36.7 Å². The van der Waals surface area contributed by atoms with Gasteiger partial charge in [-0.2, -0.15) is 5.26 Å². The van der Waals surface area contributed by atoms with Gasteiger partial charge in [-0.25, -0.2) is 0 Å². The molecule has 0 amide bonds. The Morgan fingerprint density at radius 1 is 1.21 bits per heavy atom. The Morgan fingerprint density at radius 3 is 2.71 bits per heavy atom. The first kappa shape index (κ1) is 14.0. The second kappa shape index (κ2) is 5.25. The Kier molecular flexibility index (Phi) is 3.07. The molecule has 0 saturated carbocycles. The van der Waals surface area contributed by atoms with Crippen molar-refractivity contribution in [2.75, 3.05) is 0 Å². The molecule has 1 aromatic carbocycles. The van der Waals surface area contributed by atoms with Crippen LogP contribution in [0.5, 0.6) is 5.75 Å². The first-order valence-corrected chi connectivity index (χ1v) is 7.33. The van der Waals surface area contributed by atoms with Crippen LogP contribution in [0.25, 0.3) is 10.9 Å². The average molecular weight is 316 g/mol. The van der Waals surface area contributed by atoms with E-state index in [9.17, 15) is 10.1 Å². The van der Waals surface area contributed by atoms with Crippen molar-refractivity contribution in [2.24, 2.45) is 5.73 Å². The molecule has 2 aromatic heterocycles. The van der Waals surface area contributed by atoms with E-state index in [-0.39, 0.29) is 22.6 Å². The number of aromatic amines is 1. The molecule has 1 aliphatic rings. The van der Waals surface area contributed by atoms with E-state index in [1.165, 1.54) is 0 Å². The van der Waals surface area contributed by atoms with Crippen molar-refractivity contribution in [2.45, 2.75) is 5.92 Å². The van der Waals surface area contributed by atoms with Crippen LogP contribution in [0.4, 0.5) is 0 Å². The maximum atomic E-state index is 12.8. The number of fused-ring (bicyclic) bond motifs is 2. The maximum Gasteiger partial charge on any atom is 0.232 e. The lowest BCUT2D eigenvalue weighted by atomic mass is 9.87. The average Bonchev–Trinajstić information content (AvgIpc) is 2.62. The lowest BCUT2D eigenvalue weighted by molar-refractivity contribution is 0.387. The third-order valence-corrected chi connectivity index (χ3v) is 4.11. The maximum absolute atomic E-state index is 12.8. The van der Waals surface area contributed by atoms with Crippen LogP contribution in [0, 0.1) is 11.3 Å². The van der Waals surface area contributed by atoms with Crippen molar-refractivity contribution < 1.29 is 4.74 Å². The minimum absolute atomic E-state index is 0.0485. The third-order valence-electron chi connectivity index (χ3n) is 4.11. The topological polar surface area (TPSA) is 105 Å². The zero-order valence-electron chi connectivity index (χ0n) is 12.5. The molecule has 1 aliphatic heterocycles. The van der Waals surface area contributed by atoms with E-state index in [1.807, 2.05) is 12.1 Å². The molecule has 24 heavy (non-hydrogen) atoms. The van der Waals surface area contributed by atoms with Crippen molar-refractivity contribution in [1.82, 2.24) is 9.97 Å². The summed E-state index contributed by atoms with van der Waals surface area (Å²) < 4.78 is 5.50. The predicted molar refractivity (Wildman–Crippen MR) is 88.1 cm³/mol. The predicted octanol–water partition coefficient (Wildman–Crippen LogP) is 2.14. The minimum atomic E-state index is -0.501. The Bertz CT molecular complexity index is 1080. The van der Waals surface area contributed by atoms with Crippen LogP contribution in [-0.4, -0.2) is 9.97 Å². The van der Waals surface area contributed by atoms with Crippen molar-refractivity contribution in [3.63, 3.8) is 0 Å². The van der Waals surface area contributed by atoms with Gasteiger partial charge >= 0.3 is 0 Å². The summed E-state index contributed by atoms with van der Waals surface area (Å²) in [7, 11) is 0. The molecule has 6 nitrogen and oxygen atoms in total. The van der Waals surface area contributed by atoms with E-state index in [2.05, 4.69) is 16.0 Å². The number of nitrogens with zero attached hydrogens (tertiary/aromatic N) is 2. The van der Waals surface area contributed by atoms with Gasteiger partial charge in [-0.15, -0.1) is 0 Å². The zero-order chi connectivity index (χ0) is 16.7. The van der Waals surface area contributed by atoms with Gasteiger partial charge in [0, 0.05) is 23.3 Å². The lowest BCUT2D eigenvalue weighted by Crippen LogP contribution is -2.26. The summed E-state index contributed by atoms with van der Waals surface area (Å²) in [6, 6.07) is 12.8. The van der Waals surface area contributed by atoms with Crippen LogP contribution >= 0.6 is 0 Å². The molecule has 0 bridgehead atoms. The van der Waals surface area contributed by atoms with Gasteiger partial charge in [0.1, 0.15) is 11.6 Å². The highest BCUT2D eigenvalue weighted by atomic mass is 16.5. The summed E-state index contributed by atoms with van der Waals surface area (Å²) in [5, 5.41) is 10.0. The molecule has 3 N–H and O–H groups in total. The number of H-pyrrole nitrogens is 1. The first-order valence-electron chi connectivity index (χ1n) is 7.33. The van der Waals surface area contributed by atoms with Crippen LogP contribution in [0.2, 0.25) is 0 Å². The normalized spacial score (nSPS) is 16.4. The number of nitriles is 1. The molecular weight excluding hydrogens is 304 g/mol. The largest absolute Gasteiger partial charge is 0.434 e. The van der Waals surface area contributed by atoms with Gasteiger partial charge in [0.25, 0.3) is 0 Å². The number of pyridine rings is 2. The standard InChI is InChI=1S/C18H12N4O2/c19-9-12-14(10-5-7-21-8-6-10)15-17(24-18(12)20)16(23)11-3-1-2-4-13(11)22-15/h1-8,14H,20H2,(H,22,23). The quantitative estimate of drug-likeness (QED) is 0.715. The van der Waals surface area contributed by atoms with Crippen LogP contribution in [0.3, 0.4) is 0 Å². The number of allylic oxidation sites excluding steroid dienone is 1. The fourth-order valence-electron chi connectivity index (χ4n) is 3.00. The van der Waals surface area contributed by atoms with E-state index < -0.39 is 5.92 Å². The molecule has 3 heterocycles. The minimum Gasteiger partial charge on any atom is -0.434 e. The number of para-hydroxylation sites is 1. The molecule has 1 atom stereocenters. The van der Waals surface area contributed by atoms with E-state index in [4.69, 9.17) is 10.5 Å². The van der Waals surface area contributed by atoms with Crippen molar-refractivity contribution in [3.05, 3.63) is 81.7 Å². The van der Waals surface area contributed by atoms with Gasteiger partial charge in [-0.05, 0) is 29.8 Å². The highest BCUT2D eigenvalue weighted by Crippen LogP contribution is 2.39. The summed E-state index contributed by atoms with van der Waals surface area (Å²) in [5.74, 6) is -0.418. The van der Waals surface area contributed by atoms with E-state index in [0.717, 1.165) is 5.56 Å². The Morgan fingerprint density at radius 2 is 1.96 bits per heavy atom. The molecule has 6 heteroatoms. The van der Waals surface area contributed by atoms with Crippen LogP contribution in [0.1, 0.15) is 17.2 Å². The van der Waals surface area contributed by atoms with Crippen LogP contribution in [0.15, 0.2) is 65.0 Å². The molecule has 116 valence electrons. The van der Waals surface area contributed by atoms with Gasteiger partial charge < -0.3 is 15.5 Å². The number of nitrogens with two attached hydrogens (primary N) is 1. The number of hydrogen-bond donors (Lipinski definition) is 2. The summed E-state index contributed by atoms with van der Waals surface area (Å²) >= 11 is 0. The monoisotopic (exact) mass is 316 g/mol. The van der Waals surface area contributed by atoms with Gasteiger partial charge in [-0.3, -0.25) is 9.78 Å². The Labute approximate surface area is 136 Å². The molecule has 0 aliphatic carbocycles. The van der Waals surface area contributed by atoms with Gasteiger partial charge in [0.15, 0.2) is 5.75 Å². The molecule has 0 radical (unpaired) electrons. The SMILES string of the molecule is N#CC1=C(N)Oc2c([nH]c3ccccc3c2=O)C1c1ccncc1. The van der Waals surface area contributed by atoms with Crippen LogP contribution in [-0.2, 0) is 0 Å². The fraction of sp³-hybridized carbons (Fsp3) is 0.0556. The molecule has 1 unspecified atom stereocenters. The molecular formula is C18H12N4O2. The summed E-state index contributed by atoms with van der Waals surface area (Å²) in [4.78, 5) is 20.0. The van der Waals surface area contributed by atoms with Crippen molar-refractivity contribution >= 4 is 10.9 Å². The summed E-state index contributed by atoms with van der Waals surface area (Å²) in [5.41, 5.74) is 7.93. The lowest BCUT2D eigenvalue weighted by Gasteiger charge is -2.26. The highest BCUT2D eigenvalue weighted by molar-refractivity contribution is 5.81. The summed E-state index contributed by atoms with van der Waals surface area (Å²) in [6.07, 6.45) is 3.27. The second-order valence-electron chi connectivity index (χ2n) is 5.45. The number of benzene rings is 1. The molecule has 3 aromatic rings. The number of ether oxygens (including phenoxy) is 1. The molecule has 0 saturated heterocycles.